The molecular formula is C8H6ClF3O. The normalized spacial score (nSPS) is 10.5. The van der Waals surface area contributed by atoms with Crippen LogP contribution < -0.4 is 4.74 Å². The van der Waals surface area contributed by atoms with Crippen LogP contribution in [-0.4, -0.2) is 6.61 Å². The van der Waals surface area contributed by atoms with Gasteiger partial charge in [0, 0.05) is 5.56 Å². The molecule has 0 aliphatic carbocycles. The van der Waals surface area contributed by atoms with E-state index >= 15 is 0 Å². The lowest BCUT2D eigenvalue weighted by Crippen LogP contribution is -2.05. The Kier molecular flexibility index (Phi) is 3.42. The van der Waals surface area contributed by atoms with Crippen molar-refractivity contribution in [2.24, 2.45) is 0 Å². The maximum Gasteiger partial charge on any atom is 0.387 e. The van der Waals surface area contributed by atoms with Crippen LogP contribution in [-0.2, 0) is 5.88 Å². The van der Waals surface area contributed by atoms with E-state index in [1.54, 1.807) is 0 Å². The van der Waals surface area contributed by atoms with E-state index in [9.17, 15) is 13.2 Å². The molecule has 5 heteroatoms. The number of halogens is 4. The molecular weight excluding hydrogens is 205 g/mol. The Balaban J connectivity index is 3.00. The lowest BCUT2D eigenvalue weighted by molar-refractivity contribution is -0.0527. The Hall–Kier alpha value is -0.900. The van der Waals surface area contributed by atoms with Crippen molar-refractivity contribution in [1.29, 1.82) is 0 Å². The average molecular weight is 211 g/mol. The molecule has 0 saturated heterocycles. The zero-order chi connectivity index (χ0) is 9.84. The summed E-state index contributed by atoms with van der Waals surface area (Å²) in [4.78, 5) is 0. The van der Waals surface area contributed by atoms with Gasteiger partial charge in [0.05, 0.1) is 5.88 Å². The molecule has 1 rings (SSSR count). The lowest BCUT2D eigenvalue weighted by Gasteiger charge is -2.08. The van der Waals surface area contributed by atoms with Crippen LogP contribution in [0.2, 0.25) is 0 Å². The number of hydrogen-bond donors (Lipinski definition) is 0. The quantitative estimate of drug-likeness (QED) is 0.697. The van der Waals surface area contributed by atoms with Crippen LogP contribution in [0.3, 0.4) is 0 Å². The highest BCUT2D eigenvalue weighted by Gasteiger charge is 2.13. The van der Waals surface area contributed by atoms with Gasteiger partial charge in [-0.2, -0.15) is 8.78 Å². The molecule has 0 fully saturated rings. The molecule has 0 bridgehead atoms. The Labute approximate surface area is 78.1 Å². The monoisotopic (exact) mass is 210 g/mol. The fourth-order valence-electron chi connectivity index (χ4n) is 0.880. The summed E-state index contributed by atoms with van der Waals surface area (Å²) in [6.07, 6.45) is 0. The molecule has 0 heterocycles. The molecule has 0 aliphatic heterocycles. The number of para-hydroxylation sites is 1. The number of ether oxygens (including phenoxy) is 1. The van der Waals surface area contributed by atoms with Gasteiger partial charge >= 0.3 is 6.61 Å². The molecule has 0 amide bonds. The van der Waals surface area contributed by atoms with Crippen molar-refractivity contribution < 1.29 is 17.9 Å². The van der Waals surface area contributed by atoms with E-state index in [4.69, 9.17) is 11.6 Å². The molecule has 0 spiro atoms. The first-order valence-electron chi connectivity index (χ1n) is 3.43. The van der Waals surface area contributed by atoms with Crippen LogP contribution >= 0.6 is 11.6 Å². The van der Waals surface area contributed by atoms with Gasteiger partial charge in [0.2, 0.25) is 0 Å². The molecule has 0 unspecified atom stereocenters. The summed E-state index contributed by atoms with van der Waals surface area (Å²) < 4.78 is 40.4. The fourth-order valence-corrected chi connectivity index (χ4v) is 1.09. The predicted octanol–water partition coefficient (Wildman–Crippen LogP) is 3.17. The molecule has 0 atom stereocenters. The topological polar surface area (TPSA) is 9.23 Å². The second kappa shape index (κ2) is 4.37. The lowest BCUT2D eigenvalue weighted by atomic mass is 10.2. The van der Waals surface area contributed by atoms with Crippen molar-refractivity contribution in [3.63, 3.8) is 0 Å². The smallest absolute Gasteiger partial charge is 0.387 e. The molecule has 0 N–H and O–H groups in total. The van der Waals surface area contributed by atoms with Gasteiger partial charge in [0.25, 0.3) is 0 Å². The summed E-state index contributed by atoms with van der Waals surface area (Å²) in [5, 5.41) is 0. The van der Waals surface area contributed by atoms with Crippen molar-refractivity contribution in [3.05, 3.63) is 29.6 Å². The fraction of sp³-hybridized carbons (Fsp3) is 0.250. The molecule has 0 radical (unpaired) electrons. The van der Waals surface area contributed by atoms with E-state index in [2.05, 4.69) is 4.74 Å². The Morgan fingerprint density at radius 1 is 1.38 bits per heavy atom. The van der Waals surface area contributed by atoms with Crippen LogP contribution in [0.4, 0.5) is 13.2 Å². The maximum absolute atomic E-state index is 12.9. The first-order valence-corrected chi connectivity index (χ1v) is 3.96. The minimum atomic E-state index is -3.04. The van der Waals surface area contributed by atoms with Gasteiger partial charge in [-0.1, -0.05) is 12.1 Å². The van der Waals surface area contributed by atoms with Crippen LogP contribution in [0.15, 0.2) is 18.2 Å². The van der Waals surface area contributed by atoms with Crippen LogP contribution in [0.25, 0.3) is 0 Å². The second-order valence-corrected chi connectivity index (χ2v) is 2.51. The van der Waals surface area contributed by atoms with E-state index in [0.717, 1.165) is 6.07 Å². The minimum Gasteiger partial charge on any atom is -0.431 e. The number of rotatable bonds is 3. The van der Waals surface area contributed by atoms with Gasteiger partial charge in [0.1, 0.15) is 0 Å². The average Bonchev–Trinajstić information content (AvgIpc) is 2.08. The number of alkyl halides is 3. The highest BCUT2D eigenvalue weighted by Crippen LogP contribution is 2.25. The largest absolute Gasteiger partial charge is 0.431 e. The third-order valence-electron chi connectivity index (χ3n) is 1.40. The second-order valence-electron chi connectivity index (χ2n) is 2.24. The van der Waals surface area contributed by atoms with Gasteiger partial charge < -0.3 is 4.74 Å². The molecule has 72 valence electrons. The highest BCUT2D eigenvalue weighted by atomic mass is 35.5. The minimum absolute atomic E-state index is 0.0696. The summed E-state index contributed by atoms with van der Waals surface area (Å²) in [5.41, 5.74) is 0.210. The highest BCUT2D eigenvalue weighted by molar-refractivity contribution is 6.17. The Morgan fingerprint density at radius 2 is 2.08 bits per heavy atom. The standard InChI is InChI=1S/C8H6ClF3O/c9-4-5-2-1-3-6(10)7(5)13-8(11)12/h1-3,8H,4H2. The Morgan fingerprint density at radius 3 is 2.62 bits per heavy atom. The molecule has 0 aliphatic rings. The SMILES string of the molecule is Fc1cccc(CCl)c1OC(F)F. The molecule has 13 heavy (non-hydrogen) atoms. The zero-order valence-electron chi connectivity index (χ0n) is 6.44. The van der Waals surface area contributed by atoms with E-state index in [1.165, 1.54) is 12.1 Å². The predicted molar refractivity (Wildman–Crippen MR) is 42.6 cm³/mol. The number of hydrogen-bond acceptors (Lipinski definition) is 1. The van der Waals surface area contributed by atoms with Crippen molar-refractivity contribution in [2.75, 3.05) is 0 Å². The van der Waals surface area contributed by atoms with Gasteiger partial charge in [-0.25, -0.2) is 4.39 Å². The van der Waals surface area contributed by atoms with E-state index in [-0.39, 0.29) is 11.4 Å². The summed E-state index contributed by atoms with van der Waals surface area (Å²) in [6, 6.07) is 3.84. The van der Waals surface area contributed by atoms with Gasteiger partial charge in [-0.05, 0) is 6.07 Å². The van der Waals surface area contributed by atoms with Gasteiger partial charge in [-0.15, -0.1) is 11.6 Å². The van der Waals surface area contributed by atoms with E-state index in [0.29, 0.717) is 0 Å². The van der Waals surface area contributed by atoms with Gasteiger partial charge in [0.15, 0.2) is 11.6 Å². The Bertz CT molecular complexity index is 291. The van der Waals surface area contributed by atoms with Crippen molar-refractivity contribution in [3.8, 4) is 5.75 Å². The van der Waals surface area contributed by atoms with E-state index in [1.807, 2.05) is 0 Å². The first kappa shape index (κ1) is 10.2. The van der Waals surface area contributed by atoms with E-state index < -0.39 is 18.2 Å². The molecule has 0 saturated carbocycles. The maximum atomic E-state index is 12.9. The summed E-state index contributed by atoms with van der Waals surface area (Å²) >= 11 is 5.40. The molecule has 0 aromatic heterocycles. The molecule has 1 aromatic carbocycles. The summed E-state index contributed by atoms with van der Waals surface area (Å²) in [5.74, 6) is -1.38. The van der Waals surface area contributed by atoms with Crippen molar-refractivity contribution >= 4 is 11.6 Å². The summed E-state index contributed by atoms with van der Waals surface area (Å²) in [7, 11) is 0. The van der Waals surface area contributed by atoms with Gasteiger partial charge in [-0.3, -0.25) is 0 Å². The van der Waals surface area contributed by atoms with Crippen LogP contribution in [0.1, 0.15) is 5.56 Å². The third kappa shape index (κ3) is 2.52. The van der Waals surface area contributed by atoms with Crippen molar-refractivity contribution in [1.82, 2.24) is 0 Å². The summed E-state index contributed by atoms with van der Waals surface area (Å²) in [6.45, 7) is -3.04. The number of benzene rings is 1. The first-order chi connectivity index (χ1) is 6.15. The van der Waals surface area contributed by atoms with Crippen LogP contribution in [0, 0.1) is 5.82 Å². The van der Waals surface area contributed by atoms with Crippen LogP contribution in [0.5, 0.6) is 5.75 Å². The zero-order valence-corrected chi connectivity index (χ0v) is 7.19. The molecule has 1 aromatic rings. The van der Waals surface area contributed by atoms with Crippen molar-refractivity contribution in [2.45, 2.75) is 12.5 Å². The molecule has 1 nitrogen and oxygen atoms in total. The third-order valence-corrected chi connectivity index (χ3v) is 1.69.